The Morgan fingerprint density at radius 2 is 1.84 bits per heavy atom. The highest BCUT2D eigenvalue weighted by Gasteiger charge is 2.29. The molecule has 0 radical (unpaired) electrons. The number of aromatic nitrogens is 3. The first-order valence-corrected chi connectivity index (χ1v) is 12.6. The molecule has 1 saturated heterocycles. The third-order valence-corrected chi connectivity index (χ3v) is 6.72. The standard InChI is InChI=1S/C28H31N7O3/c1-28(38)10-13-35(14-11-28)27(37)32-25-15-19(9-12-29-25)17-30-23-6-4-3-5-22(23)26(36)31-21-8-7-20-18-34(2)33-24(20)16-21/h3-9,12,15-16,18,30,38H,10-11,13-14,17H2,1-2H3,(H,31,36)(H,29,32,37). The number of fused-ring (bicyclic) bond motifs is 1. The number of para-hydroxylation sites is 1. The number of carbonyl (C=O) groups is 2. The number of aliphatic hydroxyl groups is 1. The maximum atomic E-state index is 13.1. The molecule has 4 aromatic rings. The summed E-state index contributed by atoms with van der Waals surface area (Å²) in [6, 6.07) is 16.4. The van der Waals surface area contributed by atoms with Gasteiger partial charge in [0.1, 0.15) is 5.82 Å². The molecule has 0 saturated carbocycles. The van der Waals surface area contributed by atoms with Crippen LogP contribution in [0.5, 0.6) is 0 Å². The number of likely N-dealkylation sites (tertiary alicyclic amines) is 1. The molecule has 196 valence electrons. The summed E-state index contributed by atoms with van der Waals surface area (Å²) in [6.45, 7) is 3.22. The zero-order valence-electron chi connectivity index (χ0n) is 21.4. The van der Waals surface area contributed by atoms with E-state index in [0.717, 1.165) is 16.5 Å². The second-order valence-corrected chi connectivity index (χ2v) is 9.89. The Hall–Kier alpha value is -4.44. The van der Waals surface area contributed by atoms with Gasteiger partial charge < -0.3 is 20.6 Å². The van der Waals surface area contributed by atoms with Crippen LogP contribution in [-0.2, 0) is 13.6 Å². The second kappa shape index (κ2) is 10.5. The minimum absolute atomic E-state index is 0.230. The molecule has 0 spiro atoms. The number of carbonyl (C=O) groups excluding carboxylic acids is 2. The van der Waals surface area contributed by atoms with Crippen molar-refractivity contribution in [3.05, 3.63) is 78.1 Å². The fourth-order valence-electron chi connectivity index (χ4n) is 4.48. The predicted molar refractivity (Wildman–Crippen MR) is 147 cm³/mol. The Balaban J connectivity index is 1.22. The number of amides is 3. The highest BCUT2D eigenvalue weighted by Crippen LogP contribution is 2.23. The van der Waals surface area contributed by atoms with Crippen LogP contribution in [-0.4, -0.2) is 55.4 Å². The molecule has 0 aliphatic carbocycles. The van der Waals surface area contributed by atoms with Crippen molar-refractivity contribution in [3.63, 3.8) is 0 Å². The van der Waals surface area contributed by atoms with Gasteiger partial charge in [-0.05, 0) is 67.8 Å². The van der Waals surface area contributed by atoms with Gasteiger partial charge in [0.25, 0.3) is 5.91 Å². The first kappa shape index (κ1) is 25.2. The van der Waals surface area contributed by atoms with Gasteiger partial charge in [0, 0.05) is 55.8 Å². The normalized spacial score (nSPS) is 14.8. The number of piperidine rings is 1. The van der Waals surface area contributed by atoms with Crippen LogP contribution >= 0.6 is 0 Å². The fraction of sp³-hybridized carbons (Fsp3) is 0.286. The Morgan fingerprint density at radius 1 is 1.05 bits per heavy atom. The summed E-state index contributed by atoms with van der Waals surface area (Å²) in [5.74, 6) is 0.217. The van der Waals surface area contributed by atoms with Crippen molar-refractivity contribution in [2.75, 3.05) is 29.0 Å². The summed E-state index contributed by atoms with van der Waals surface area (Å²) < 4.78 is 1.74. The van der Waals surface area contributed by atoms with E-state index in [1.807, 2.05) is 55.7 Å². The van der Waals surface area contributed by atoms with Crippen molar-refractivity contribution in [1.82, 2.24) is 19.7 Å². The lowest BCUT2D eigenvalue weighted by Gasteiger charge is -2.35. The topological polar surface area (TPSA) is 124 Å². The van der Waals surface area contributed by atoms with Crippen LogP contribution < -0.4 is 16.0 Å². The average molecular weight is 514 g/mol. The van der Waals surface area contributed by atoms with E-state index in [-0.39, 0.29) is 11.9 Å². The van der Waals surface area contributed by atoms with Crippen LogP contribution in [0.4, 0.5) is 22.0 Å². The van der Waals surface area contributed by atoms with E-state index in [9.17, 15) is 14.7 Å². The number of aryl methyl sites for hydroxylation is 1. The molecule has 0 unspecified atom stereocenters. The number of nitrogens with one attached hydrogen (secondary N) is 3. The monoisotopic (exact) mass is 513 g/mol. The van der Waals surface area contributed by atoms with Crippen molar-refractivity contribution < 1.29 is 14.7 Å². The molecule has 5 rings (SSSR count). The van der Waals surface area contributed by atoms with E-state index < -0.39 is 5.60 Å². The molecule has 3 amide bonds. The lowest BCUT2D eigenvalue weighted by Crippen LogP contribution is -2.46. The van der Waals surface area contributed by atoms with Crippen LogP contribution in [0, 0.1) is 0 Å². The maximum absolute atomic E-state index is 13.1. The van der Waals surface area contributed by atoms with Crippen molar-refractivity contribution >= 4 is 40.0 Å². The lowest BCUT2D eigenvalue weighted by atomic mass is 9.94. The largest absolute Gasteiger partial charge is 0.390 e. The Bertz CT molecular complexity index is 1470. The number of pyridine rings is 1. The SMILES string of the molecule is Cn1cc2ccc(NC(=O)c3ccccc3NCc3ccnc(NC(=O)N4CCC(C)(O)CC4)c3)cc2n1. The molecule has 1 aliphatic rings. The number of anilines is 3. The van der Waals surface area contributed by atoms with E-state index in [4.69, 9.17) is 0 Å². The number of benzene rings is 2. The first-order valence-electron chi connectivity index (χ1n) is 12.6. The van der Waals surface area contributed by atoms with E-state index in [2.05, 4.69) is 26.0 Å². The first-order chi connectivity index (χ1) is 18.3. The molecule has 2 aromatic carbocycles. The van der Waals surface area contributed by atoms with E-state index in [0.29, 0.717) is 55.2 Å². The second-order valence-electron chi connectivity index (χ2n) is 9.89. The lowest BCUT2D eigenvalue weighted by molar-refractivity contribution is 0.00569. The predicted octanol–water partition coefficient (Wildman–Crippen LogP) is 4.21. The van der Waals surface area contributed by atoms with Crippen molar-refractivity contribution in [3.8, 4) is 0 Å². The average Bonchev–Trinajstić information content (AvgIpc) is 3.27. The number of rotatable bonds is 6. The summed E-state index contributed by atoms with van der Waals surface area (Å²) in [5, 5.41) is 24.6. The highest BCUT2D eigenvalue weighted by molar-refractivity contribution is 6.08. The van der Waals surface area contributed by atoms with Gasteiger partial charge in [0.2, 0.25) is 0 Å². The molecule has 10 heteroatoms. The molecule has 3 heterocycles. The maximum Gasteiger partial charge on any atom is 0.323 e. The molecule has 0 atom stereocenters. The molecule has 2 aromatic heterocycles. The third kappa shape index (κ3) is 5.92. The van der Waals surface area contributed by atoms with Gasteiger partial charge in [-0.1, -0.05) is 12.1 Å². The summed E-state index contributed by atoms with van der Waals surface area (Å²) in [6.07, 6.45) is 4.65. The molecule has 1 aliphatic heterocycles. The van der Waals surface area contributed by atoms with Crippen molar-refractivity contribution in [1.29, 1.82) is 0 Å². The minimum atomic E-state index is -0.722. The van der Waals surface area contributed by atoms with Gasteiger partial charge >= 0.3 is 6.03 Å². The molecule has 4 N–H and O–H groups in total. The van der Waals surface area contributed by atoms with E-state index in [1.165, 1.54) is 0 Å². The van der Waals surface area contributed by atoms with Gasteiger partial charge in [0.05, 0.1) is 16.7 Å². The molecule has 38 heavy (non-hydrogen) atoms. The molecule has 1 fully saturated rings. The zero-order valence-corrected chi connectivity index (χ0v) is 21.4. The van der Waals surface area contributed by atoms with Gasteiger partial charge in [-0.15, -0.1) is 0 Å². The van der Waals surface area contributed by atoms with Gasteiger partial charge in [-0.25, -0.2) is 9.78 Å². The molecular formula is C28H31N7O3. The fourth-order valence-corrected chi connectivity index (χ4v) is 4.48. The van der Waals surface area contributed by atoms with Crippen LogP contribution in [0.15, 0.2) is 67.0 Å². The van der Waals surface area contributed by atoms with Crippen LogP contribution in [0.1, 0.15) is 35.7 Å². The summed E-state index contributed by atoms with van der Waals surface area (Å²) in [5.41, 5.74) is 2.85. The zero-order chi connectivity index (χ0) is 26.7. The van der Waals surface area contributed by atoms with Gasteiger partial charge in [-0.2, -0.15) is 5.10 Å². The smallest absolute Gasteiger partial charge is 0.323 e. The Labute approximate surface area is 220 Å². The van der Waals surface area contributed by atoms with Crippen LogP contribution in [0.25, 0.3) is 10.9 Å². The van der Waals surface area contributed by atoms with Gasteiger partial charge in [0.15, 0.2) is 0 Å². The number of hydrogen-bond acceptors (Lipinski definition) is 6. The quantitative estimate of drug-likeness (QED) is 0.306. The molecule has 0 bridgehead atoms. The molecule has 10 nitrogen and oxygen atoms in total. The highest BCUT2D eigenvalue weighted by atomic mass is 16.3. The third-order valence-electron chi connectivity index (χ3n) is 6.72. The summed E-state index contributed by atoms with van der Waals surface area (Å²) in [4.78, 5) is 31.7. The van der Waals surface area contributed by atoms with Gasteiger partial charge in [-0.3, -0.25) is 14.8 Å². The van der Waals surface area contributed by atoms with Crippen molar-refractivity contribution in [2.24, 2.45) is 7.05 Å². The summed E-state index contributed by atoms with van der Waals surface area (Å²) in [7, 11) is 1.86. The number of nitrogens with zero attached hydrogens (tertiary/aromatic N) is 4. The summed E-state index contributed by atoms with van der Waals surface area (Å²) >= 11 is 0. The minimum Gasteiger partial charge on any atom is -0.390 e. The van der Waals surface area contributed by atoms with E-state index >= 15 is 0 Å². The van der Waals surface area contributed by atoms with Crippen LogP contribution in [0.2, 0.25) is 0 Å². The number of urea groups is 1. The van der Waals surface area contributed by atoms with Crippen LogP contribution in [0.3, 0.4) is 0 Å². The van der Waals surface area contributed by atoms with Crippen molar-refractivity contribution in [2.45, 2.75) is 31.9 Å². The number of hydrogen-bond donors (Lipinski definition) is 4. The van der Waals surface area contributed by atoms with E-state index in [1.54, 1.807) is 34.8 Å². The Kier molecular flexibility index (Phi) is 6.97. The molecular weight excluding hydrogens is 482 g/mol. The Morgan fingerprint density at radius 3 is 2.66 bits per heavy atom.